The topological polar surface area (TPSA) is 37.3 Å². The Morgan fingerprint density at radius 3 is 2.54 bits per heavy atom. The van der Waals surface area contributed by atoms with Gasteiger partial charge >= 0.3 is 5.97 Å². The summed E-state index contributed by atoms with van der Waals surface area (Å²) in [5.41, 5.74) is -0.330. The SMILES string of the molecule is O=C(O)C1(C2CCSC2)CCCC1. The van der Waals surface area contributed by atoms with E-state index >= 15 is 0 Å². The lowest BCUT2D eigenvalue weighted by molar-refractivity contribution is -0.151. The molecule has 1 aliphatic heterocycles. The first-order chi connectivity index (χ1) is 6.26. The van der Waals surface area contributed by atoms with Crippen LogP contribution in [0.15, 0.2) is 0 Å². The number of carboxylic acids is 1. The van der Waals surface area contributed by atoms with Crippen LogP contribution in [0.1, 0.15) is 32.1 Å². The van der Waals surface area contributed by atoms with E-state index in [1.54, 1.807) is 0 Å². The minimum Gasteiger partial charge on any atom is -0.481 e. The van der Waals surface area contributed by atoms with Gasteiger partial charge in [-0.25, -0.2) is 0 Å². The summed E-state index contributed by atoms with van der Waals surface area (Å²) in [5, 5.41) is 9.31. The lowest BCUT2D eigenvalue weighted by Gasteiger charge is -2.30. The molecular weight excluding hydrogens is 184 g/mol. The van der Waals surface area contributed by atoms with Gasteiger partial charge in [-0.15, -0.1) is 0 Å². The highest BCUT2D eigenvalue weighted by Gasteiger charge is 2.48. The van der Waals surface area contributed by atoms with Crippen molar-refractivity contribution in [3.63, 3.8) is 0 Å². The fourth-order valence-electron chi connectivity index (χ4n) is 2.77. The van der Waals surface area contributed by atoms with Crippen LogP contribution in [0, 0.1) is 11.3 Å². The molecule has 1 saturated carbocycles. The number of aliphatic carboxylic acids is 1. The average molecular weight is 200 g/mol. The van der Waals surface area contributed by atoms with E-state index in [-0.39, 0.29) is 5.41 Å². The predicted molar refractivity (Wildman–Crippen MR) is 54.0 cm³/mol. The van der Waals surface area contributed by atoms with Crippen LogP contribution in [-0.4, -0.2) is 22.6 Å². The molecule has 1 unspecified atom stereocenters. The van der Waals surface area contributed by atoms with Crippen molar-refractivity contribution < 1.29 is 9.90 Å². The number of hydrogen-bond donors (Lipinski definition) is 1. The Bertz CT molecular complexity index is 203. The summed E-state index contributed by atoms with van der Waals surface area (Å²) in [4.78, 5) is 11.3. The lowest BCUT2D eigenvalue weighted by Crippen LogP contribution is -2.36. The molecule has 0 radical (unpaired) electrons. The Morgan fingerprint density at radius 2 is 2.08 bits per heavy atom. The zero-order valence-electron chi connectivity index (χ0n) is 7.79. The zero-order chi connectivity index (χ0) is 9.31. The molecular formula is C10H16O2S. The minimum atomic E-state index is -0.530. The van der Waals surface area contributed by atoms with Crippen LogP contribution in [0.2, 0.25) is 0 Å². The van der Waals surface area contributed by atoms with Gasteiger partial charge in [-0.3, -0.25) is 4.79 Å². The molecule has 2 nitrogen and oxygen atoms in total. The second-order valence-electron chi connectivity index (χ2n) is 4.23. The standard InChI is InChI=1S/C10H16O2S/c11-9(12)10(4-1-2-5-10)8-3-6-13-7-8/h8H,1-7H2,(H,11,12). The van der Waals surface area contributed by atoms with Gasteiger partial charge in [0.2, 0.25) is 0 Å². The molecule has 0 amide bonds. The smallest absolute Gasteiger partial charge is 0.309 e. The van der Waals surface area contributed by atoms with E-state index in [1.807, 2.05) is 11.8 Å². The summed E-state index contributed by atoms with van der Waals surface area (Å²) in [6.07, 6.45) is 5.21. The van der Waals surface area contributed by atoms with Gasteiger partial charge in [-0.1, -0.05) is 12.8 Å². The van der Waals surface area contributed by atoms with E-state index < -0.39 is 5.97 Å². The Hall–Kier alpha value is -0.180. The van der Waals surface area contributed by atoms with E-state index in [0.717, 1.165) is 37.9 Å². The Balaban J connectivity index is 2.16. The van der Waals surface area contributed by atoms with Gasteiger partial charge in [-0.2, -0.15) is 11.8 Å². The van der Waals surface area contributed by atoms with Crippen molar-refractivity contribution in [3.8, 4) is 0 Å². The third-order valence-corrected chi connectivity index (χ3v) is 4.80. The molecule has 3 heteroatoms. The van der Waals surface area contributed by atoms with Crippen molar-refractivity contribution in [1.29, 1.82) is 0 Å². The summed E-state index contributed by atoms with van der Waals surface area (Å²) < 4.78 is 0. The molecule has 2 aliphatic rings. The highest BCUT2D eigenvalue weighted by atomic mass is 32.2. The van der Waals surface area contributed by atoms with Crippen LogP contribution >= 0.6 is 11.8 Å². The normalized spacial score (nSPS) is 32.2. The van der Waals surface area contributed by atoms with Crippen molar-refractivity contribution in [3.05, 3.63) is 0 Å². The monoisotopic (exact) mass is 200 g/mol. The maximum absolute atomic E-state index is 11.3. The Labute approximate surface area is 83.1 Å². The van der Waals surface area contributed by atoms with Crippen molar-refractivity contribution in [2.75, 3.05) is 11.5 Å². The van der Waals surface area contributed by atoms with Gasteiger partial charge < -0.3 is 5.11 Å². The van der Waals surface area contributed by atoms with E-state index in [4.69, 9.17) is 0 Å². The van der Waals surface area contributed by atoms with Crippen LogP contribution < -0.4 is 0 Å². The maximum Gasteiger partial charge on any atom is 0.309 e. The predicted octanol–water partition coefficient (Wildman–Crippen LogP) is 2.38. The third-order valence-electron chi connectivity index (χ3n) is 3.63. The molecule has 1 aliphatic carbocycles. The first-order valence-electron chi connectivity index (χ1n) is 5.07. The van der Waals surface area contributed by atoms with Crippen LogP contribution in [0.3, 0.4) is 0 Å². The summed E-state index contributed by atoms with van der Waals surface area (Å²) >= 11 is 1.92. The number of thioether (sulfide) groups is 1. The van der Waals surface area contributed by atoms with E-state index in [1.165, 1.54) is 5.75 Å². The molecule has 0 aromatic rings. The van der Waals surface area contributed by atoms with Crippen LogP contribution in [0.25, 0.3) is 0 Å². The van der Waals surface area contributed by atoms with Crippen molar-refractivity contribution in [2.24, 2.45) is 11.3 Å². The van der Waals surface area contributed by atoms with Gasteiger partial charge in [0.05, 0.1) is 5.41 Å². The second kappa shape index (κ2) is 3.52. The Morgan fingerprint density at radius 1 is 1.38 bits per heavy atom. The van der Waals surface area contributed by atoms with E-state index in [2.05, 4.69) is 0 Å². The van der Waals surface area contributed by atoms with E-state index in [9.17, 15) is 9.90 Å². The first-order valence-corrected chi connectivity index (χ1v) is 6.22. The molecule has 1 N–H and O–H groups in total. The summed E-state index contributed by atoms with van der Waals surface area (Å²) in [7, 11) is 0. The molecule has 2 fully saturated rings. The summed E-state index contributed by atoms with van der Waals surface area (Å²) in [6.45, 7) is 0. The minimum absolute atomic E-state index is 0.330. The van der Waals surface area contributed by atoms with Gasteiger partial charge in [0.1, 0.15) is 0 Å². The number of hydrogen-bond acceptors (Lipinski definition) is 2. The fraction of sp³-hybridized carbons (Fsp3) is 0.900. The molecule has 0 spiro atoms. The summed E-state index contributed by atoms with van der Waals surface area (Å²) in [5.74, 6) is 2.17. The maximum atomic E-state index is 11.3. The van der Waals surface area contributed by atoms with Gasteiger partial charge in [-0.05, 0) is 36.7 Å². The zero-order valence-corrected chi connectivity index (χ0v) is 8.61. The lowest BCUT2D eigenvalue weighted by atomic mass is 9.73. The van der Waals surface area contributed by atoms with Crippen molar-refractivity contribution in [1.82, 2.24) is 0 Å². The number of carbonyl (C=O) groups is 1. The molecule has 0 aromatic carbocycles. The quantitative estimate of drug-likeness (QED) is 0.743. The van der Waals surface area contributed by atoms with Crippen molar-refractivity contribution >= 4 is 17.7 Å². The van der Waals surface area contributed by atoms with E-state index in [0.29, 0.717) is 5.92 Å². The van der Waals surface area contributed by atoms with Gasteiger partial charge in [0.15, 0.2) is 0 Å². The molecule has 1 saturated heterocycles. The largest absolute Gasteiger partial charge is 0.481 e. The highest BCUT2D eigenvalue weighted by molar-refractivity contribution is 7.99. The average Bonchev–Trinajstić information content (AvgIpc) is 2.75. The number of rotatable bonds is 2. The molecule has 2 rings (SSSR count). The highest BCUT2D eigenvalue weighted by Crippen LogP contribution is 2.49. The van der Waals surface area contributed by atoms with Gasteiger partial charge in [0.25, 0.3) is 0 Å². The second-order valence-corrected chi connectivity index (χ2v) is 5.38. The van der Waals surface area contributed by atoms with Gasteiger partial charge in [0, 0.05) is 0 Å². The molecule has 0 bridgehead atoms. The third kappa shape index (κ3) is 1.47. The molecule has 74 valence electrons. The Kier molecular flexibility index (Phi) is 2.54. The molecule has 1 heterocycles. The number of carboxylic acid groups (broad SMARTS) is 1. The van der Waals surface area contributed by atoms with Crippen molar-refractivity contribution in [2.45, 2.75) is 32.1 Å². The fourth-order valence-corrected chi connectivity index (χ4v) is 4.16. The van der Waals surface area contributed by atoms with Crippen LogP contribution in [0.4, 0.5) is 0 Å². The van der Waals surface area contributed by atoms with Crippen LogP contribution in [-0.2, 0) is 4.79 Å². The molecule has 13 heavy (non-hydrogen) atoms. The van der Waals surface area contributed by atoms with Crippen LogP contribution in [0.5, 0.6) is 0 Å². The summed E-state index contributed by atoms with van der Waals surface area (Å²) in [6, 6.07) is 0. The molecule has 0 aromatic heterocycles. The molecule has 1 atom stereocenters. The first kappa shape index (κ1) is 9.38.